The molecule has 0 bridgehead atoms. The highest BCUT2D eigenvalue weighted by atomic mass is 35.5. The van der Waals surface area contributed by atoms with Gasteiger partial charge < -0.3 is 10.5 Å². The van der Waals surface area contributed by atoms with Crippen LogP contribution in [0.15, 0.2) is 36.5 Å². The lowest BCUT2D eigenvalue weighted by Crippen LogP contribution is -2.10. The molecular weight excluding hydrogens is 283 g/mol. The molecule has 1 atom stereocenters. The van der Waals surface area contributed by atoms with Crippen molar-refractivity contribution in [3.8, 4) is 11.5 Å². The molecule has 2 rings (SSSR count). The van der Waals surface area contributed by atoms with E-state index < -0.39 is 0 Å². The third-order valence-corrected chi connectivity index (χ3v) is 3.44. The molecule has 0 unspecified atom stereocenters. The van der Waals surface area contributed by atoms with Crippen molar-refractivity contribution in [2.45, 2.75) is 19.4 Å². The second kappa shape index (κ2) is 6.24. The number of hydrogen-bond donors (Lipinski definition) is 1. The molecule has 0 saturated heterocycles. The topological polar surface area (TPSA) is 48.1 Å². The van der Waals surface area contributed by atoms with E-state index >= 15 is 0 Å². The largest absolute Gasteiger partial charge is 0.456 e. The van der Waals surface area contributed by atoms with Crippen LogP contribution in [0, 0.1) is 0 Å². The summed E-state index contributed by atoms with van der Waals surface area (Å²) in [5.41, 5.74) is 6.75. The Balaban J connectivity index is 2.12. The van der Waals surface area contributed by atoms with Crippen LogP contribution in [-0.4, -0.2) is 4.98 Å². The Morgan fingerprint density at radius 1 is 1.16 bits per heavy atom. The molecule has 0 fully saturated rings. The summed E-state index contributed by atoms with van der Waals surface area (Å²) in [6.45, 7) is 2.02. The Morgan fingerprint density at radius 2 is 1.89 bits per heavy atom. The van der Waals surface area contributed by atoms with Crippen molar-refractivity contribution in [2.75, 3.05) is 0 Å². The van der Waals surface area contributed by atoms with Crippen molar-refractivity contribution in [1.82, 2.24) is 4.98 Å². The van der Waals surface area contributed by atoms with Crippen molar-refractivity contribution in [2.24, 2.45) is 5.73 Å². The summed E-state index contributed by atoms with van der Waals surface area (Å²) in [6.07, 6.45) is 2.49. The molecule has 0 radical (unpaired) electrons. The van der Waals surface area contributed by atoms with Crippen LogP contribution in [-0.2, 0) is 0 Å². The van der Waals surface area contributed by atoms with Crippen LogP contribution in [0.4, 0.5) is 0 Å². The predicted molar refractivity (Wildman–Crippen MR) is 78.0 cm³/mol. The molecule has 1 aromatic heterocycles. The number of rotatable bonds is 4. The van der Waals surface area contributed by atoms with Gasteiger partial charge in [0.15, 0.2) is 0 Å². The van der Waals surface area contributed by atoms with Crippen LogP contribution in [0.1, 0.15) is 25.1 Å². The van der Waals surface area contributed by atoms with Crippen LogP contribution in [0.5, 0.6) is 11.5 Å². The van der Waals surface area contributed by atoms with Gasteiger partial charge in [0, 0.05) is 12.1 Å². The lowest BCUT2D eigenvalue weighted by Gasteiger charge is -2.10. The second-order valence-electron chi connectivity index (χ2n) is 4.11. The molecule has 2 N–H and O–H groups in total. The Labute approximate surface area is 122 Å². The number of hydrogen-bond acceptors (Lipinski definition) is 3. The molecule has 0 aliphatic heterocycles. The molecule has 100 valence electrons. The Hall–Kier alpha value is -1.29. The maximum Gasteiger partial charge on any atom is 0.145 e. The maximum atomic E-state index is 5.92. The Kier molecular flexibility index (Phi) is 4.64. The number of pyridine rings is 1. The van der Waals surface area contributed by atoms with E-state index in [1.165, 1.54) is 0 Å². The summed E-state index contributed by atoms with van der Waals surface area (Å²) >= 11 is 11.8. The molecule has 0 saturated carbocycles. The number of benzene rings is 1. The minimum atomic E-state index is -0.0426. The van der Waals surface area contributed by atoms with Crippen LogP contribution >= 0.6 is 23.2 Å². The average Bonchev–Trinajstić information content (AvgIpc) is 2.43. The molecule has 0 amide bonds. The van der Waals surface area contributed by atoms with E-state index in [9.17, 15) is 0 Å². The molecule has 1 aromatic carbocycles. The molecule has 19 heavy (non-hydrogen) atoms. The summed E-state index contributed by atoms with van der Waals surface area (Å²) in [5.74, 6) is 1.24. The van der Waals surface area contributed by atoms with E-state index in [4.69, 9.17) is 33.7 Å². The summed E-state index contributed by atoms with van der Waals surface area (Å²) in [7, 11) is 0. The van der Waals surface area contributed by atoms with E-state index in [1.54, 1.807) is 24.4 Å². The molecule has 5 heteroatoms. The van der Waals surface area contributed by atoms with Crippen molar-refractivity contribution < 1.29 is 4.74 Å². The highest BCUT2D eigenvalue weighted by Gasteiger charge is 2.06. The Bertz CT molecular complexity index is 558. The summed E-state index contributed by atoms with van der Waals surface area (Å²) in [5, 5.41) is 0.952. The zero-order valence-corrected chi connectivity index (χ0v) is 11.9. The lowest BCUT2D eigenvalue weighted by molar-refractivity contribution is 0.479. The zero-order chi connectivity index (χ0) is 13.8. The van der Waals surface area contributed by atoms with Gasteiger partial charge in [-0.3, -0.25) is 4.98 Å². The van der Waals surface area contributed by atoms with E-state index in [2.05, 4.69) is 4.98 Å². The second-order valence-corrected chi connectivity index (χ2v) is 4.93. The van der Waals surface area contributed by atoms with Gasteiger partial charge in [0.25, 0.3) is 0 Å². The Morgan fingerprint density at radius 3 is 2.47 bits per heavy atom. The lowest BCUT2D eigenvalue weighted by atomic mass is 10.1. The third-order valence-electron chi connectivity index (χ3n) is 2.71. The van der Waals surface area contributed by atoms with Gasteiger partial charge in [-0.05, 0) is 30.7 Å². The van der Waals surface area contributed by atoms with E-state index in [-0.39, 0.29) is 6.04 Å². The monoisotopic (exact) mass is 296 g/mol. The van der Waals surface area contributed by atoms with Gasteiger partial charge in [-0.15, -0.1) is 0 Å². The standard InChI is InChI=1S/C14H14Cl2N2O/c1-2-13(17)14-6-4-10(8-18-14)19-9-3-5-11(15)12(16)7-9/h3-8,13H,2,17H2,1H3/t13-/m0/s1. The number of nitrogens with zero attached hydrogens (tertiary/aromatic N) is 1. The summed E-state index contributed by atoms with van der Waals surface area (Å²) in [4.78, 5) is 4.28. The van der Waals surface area contributed by atoms with Crippen LogP contribution < -0.4 is 10.5 Å². The fraction of sp³-hybridized carbons (Fsp3) is 0.214. The van der Waals surface area contributed by atoms with Crippen molar-refractivity contribution in [3.63, 3.8) is 0 Å². The number of nitrogens with two attached hydrogens (primary N) is 1. The van der Waals surface area contributed by atoms with Crippen LogP contribution in [0.2, 0.25) is 10.0 Å². The van der Waals surface area contributed by atoms with Gasteiger partial charge in [0.1, 0.15) is 11.5 Å². The highest BCUT2D eigenvalue weighted by molar-refractivity contribution is 6.42. The summed E-state index contributed by atoms with van der Waals surface area (Å²) in [6, 6.07) is 8.75. The first kappa shape index (κ1) is 14.1. The highest BCUT2D eigenvalue weighted by Crippen LogP contribution is 2.29. The van der Waals surface area contributed by atoms with Crippen molar-refractivity contribution in [3.05, 3.63) is 52.3 Å². The van der Waals surface area contributed by atoms with Gasteiger partial charge >= 0.3 is 0 Å². The number of halogens is 2. The predicted octanol–water partition coefficient (Wildman–Crippen LogP) is 4.59. The van der Waals surface area contributed by atoms with Crippen molar-refractivity contribution in [1.29, 1.82) is 0 Å². The van der Waals surface area contributed by atoms with E-state index in [1.807, 2.05) is 19.1 Å². The van der Waals surface area contributed by atoms with E-state index in [0.717, 1.165) is 12.1 Å². The molecule has 2 aromatic rings. The molecule has 3 nitrogen and oxygen atoms in total. The zero-order valence-electron chi connectivity index (χ0n) is 10.4. The average molecular weight is 297 g/mol. The van der Waals surface area contributed by atoms with Gasteiger partial charge in [-0.1, -0.05) is 30.1 Å². The molecule has 0 spiro atoms. The SMILES string of the molecule is CC[C@H](N)c1ccc(Oc2ccc(Cl)c(Cl)c2)cn1. The van der Waals surface area contributed by atoms with Crippen LogP contribution in [0.3, 0.4) is 0 Å². The van der Waals surface area contributed by atoms with Gasteiger partial charge in [0.05, 0.1) is 21.9 Å². The smallest absolute Gasteiger partial charge is 0.145 e. The fourth-order valence-corrected chi connectivity index (χ4v) is 1.85. The minimum absolute atomic E-state index is 0.0426. The minimum Gasteiger partial charge on any atom is -0.456 e. The molecular formula is C14H14Cl2N2O. The summed E-state index contributed by atoms with van der Waals surface area (Å²) < 4.78 is 5.64. The first-order chi connectivity index (χ1) is 9.10. The van der Waals surface area contributed by atoms with Gasteiger partial charge in [-0.2, -0.15) is 0 Å². The molecule has 0 aliphatic carbocycles. The maximum absolute atomic E-state index is 5.92. The van der Waals surface area contributed by atoms with E-state index in [0.29, 0.717) is 21.5 Å². The number of ether oxygens (including phenoxy) is 1. The molecule has 0 aliphatic rings. The quantitative estimate of drug-likeness (QED) is 0.897. The first-order valence-electron chi connectivity index (χ1n) is 5.94. The van der Waals surface area contributed by atoms with Gasteiger partial charge in [-0.25, -0.2) is 0 Å². The van der Waals surface area contributed by atoms with Crippen molar-refractivity contribution >= 4 is 23.2 Å². The van der Waals surface area contributed by atoms with Crippen LogP contribution in [0.25, 0.3) is 0 Å². The normalized spacial score (nSPS) is 12.2. The van der Waals surface area contributed by atoms with Gasteiger partial charge in [0.2, 0.25) is 0 Å². The first-order valence-corrected chi connectivity index (χ1v) is 6.70. The molecule has 1 heterocycles. The third kappa shape index (κ3) is 3.60. The fourth-order valence-electron chi connectivity index (χ4n) is 1.56. The number of aromatic nitrogens is 1.